The third-order valence-corrected chi connectivity index (χ3v) is 2.87. The molecule has 0 unspecified atom stereocenters. The molecule has 2 rings (SSSR count). The van der Waals surface area contributed by atoms with Crippen molar-refractivity contribution in [2.45, 2.75) is 19.5 Å². The molecule has 0 aliphatic heterocycles. The second-order valence-corrected chi connectivity index (χ2v) is 4.52. The summed E-state index contributed by atoms with van der Waals surface area (Å²) in [4.78, 5) is 4.00. The number of alkyl halides is 3. The average Bonchev–Trinajstić information content (AvgIpc) is 3.01. The summed E-state index contributed by atoms with van der Waals surface area (Å²) in [6.07, 6.45) is -3.10. The molecular weight excluding hydrogens is 311 g/mol. The van der Waals surface area contributed by atoms with Crippen LogP contribution in [0.2, 0.25) is 0 Å². The van der Waals surface area contributed by atoms with Gasteiger partial charge in [-0.15, -0.1) is 13.2 Å². The number of aromatic amines is 1. The van der Waals surface area contributed by atoms with Crippen molar-refractivity contribution in [2.24, 2.45) is 4.99 Å². The van der Waals surface area contributed by atoms with Gasteiger partial charge in [-0.3, -0.25) is 10.1 Å². The van der Waals surface area contributed by atoms with Crippen LogP contribution in [0.4, 0.5) is 13.2 Å². The maximum atomic E-state index is 12.4. The molecule has 1 heterocycles. The fraction of sp³-hybridized carbons (Fsp3) is 0.286. The number of rotatable bonds is 5. The topological polar surface area (TPSA) is 74.3 Å². The SMILES string of the molecule is CN=C(NCc1ccn[nH]1)NCc1ccccc1OC(F)(F)F. The van der Waals surface area contributed by atoms with E-state index in [9.17, 15) is 13.2 Å². The van der Waals surface area contributed by atoms with Crippen LogP contribution in [0.3, 0.4) is 0 Å². The lowest BCUT2D eigenvalue weighted by atomic mass is 10.2. The van der Waals surface area contributed by atoms with E-state index in [1.807, 2.05) is 0 Å². The van der Waals surface area contributed by atoms with Gasteiger partial charge in [-0.1, -0.05) is 18.2 Å². The first-order valence-corrected chi connectivity index (χ1v) is 6.74. The van der Waals surface area contributed by atoms with E-state index in [4.69, 9.17) is 0 Å². The van der Waals surface area contributed by atoms with Gasteiger partial charge in [0.25, 0.3) is 0 Å². The van der Waals surface area contributed by atoms with Crippen molar-refractivity contribution >= 4 is 5.96 Å². The largest absolute Gasteiger partial charge is 0.573 e. The van der Waals surface area contributed by atoms with Crippen LogP contribution in [-0.4, -0.2) is 29.6 Å². The number of hydrogen-bond acceptors (Lipinski definition) is 3. The monoisotopic (exact) mass is 327 g/mol. The Hall–Kier alpha value is -2.71. The van der Waals surface area contributed by atoms with Crippen LogP contribution in [0.25, 0.3) is 0 Å². The zero-order valence-electron chi connectivity index (χ0n) is 12.3. The van der Waals surface area contributed by atoms with E-state index in [1.54, 1.807) is 31.4 Å². The van der Waals surface area contributed by atoms with E-state index < -0.39 is 6.36 Å². The van der Waals surface area contributed by atoms with Crippen LogP contribution < -0.4 is 15.4 Å². The summed E-state index contributed by atoms with van der Waals surface area (Å²) in [7, 11) is 1.57. The van der Waals surface area contributed by atoms with Gasteiger partial charge >= 0.3 is 6.36 Å². The average molecular weight is 327 g/mol. The molecule has 6 nitrogen and oxygen atoms in total. The number of H-pyrrole nitrogens is 1. The fourth-order valence-electron chi connectivity index (χ4n) is 1.84. The predicted molar refractivity (Wildman–Crippen MR) is 78.8 cm³/mol. The minimum atomic E-state index is -4.73. The van der Waals surface area contributed by atoms with Crippen LogP contribution in [-0.2, 0) is 13.1 Å². The first kappa shape index (κ1) is 16.7. The molecule has 0 saturated heterocycles. The Labute approximate surface area is 130 Å². The molecular formula is C14H16F3N5O. The normalized spacial score (nSPS) is 12.1. The minimum Gasteiger partial charge on any atom is -0.405 e. The third kappa shape index (κ3) is 5.53. The van der Waals surface area contributed by atoms with Gasteiger partial charge in [-0.25, -0.2) is 0 Å². The van der Waals surface area contributed by atoms with Crippen molar-refractivity contribution in [2.75, 3.05) is 7.05 Å². The van der Waals surface area contributed by atoms with Crippen molar-refractivity contribution in [1.82, 2.24) is 20.8 Å². The van der Waals surface area contributed by atoms with Gasteiger partial charge < -0.3 is 15.4 Å². The maximum absolute atomic E-state index is 12.4. The Kier molecular flexibility index (Phi) is 5.45. The highest BCUT2D eigenvalue weighted by molar-refractivity contribution is 5.79. The summed E-state index contributed by atoms with van der Waals surface area (Å²) >= 11 is 0. The first-order chi connectivity index (χ1) is 11.0. The Bertz CT molecular complexity index is 640. The number of para-hydroxylation sites is 1. The molecule has 1 aromatic heterocycles. The lowest BCUT2D eigenvalue weighted by Crippen LogP contribution is -2.36. The molecule has 0 spiro atoms. The van der Waals surface area contributed by atoms with Crippen molar-refractivity contribution in [1.29, 1.82) is 0 Å². The van der Waals surface area contributed by atoms with Gasteiger partial charge in [-0.2, -0.15) is 5.10 Å². The van der Waals surface area contributed by atoms with Crippen molar-refractivity contribution < 1.29 is 17.9 Å². The van der Waals surface area contributed by atoms with E-state index in [-0.39, 0.29) is 12.3 Å². The molecule has 23 heavy (non-hydrogen) atoms. The molecule has 124 valence electrons. The van der Waals surface area contributed by atoms with Crippen LogP contribution in [0, 0.1) is 0 Å². The summed E-state index contributed by atoms with van der Waals surface area (Å²) < 4.78 is 41.1. The Morgan fingerprint density at radius 2 is 1.96 bits per heavy atom. The summed E-state index contributed by atoms with van der Waals surface area (Å²) in [5.41, 5.74) is 1.23. The van der Waals surface area contributed by atoms with E-state index in [0.717, 1.165) is 5.69 Å². The van der Waals surface area contributed by atoms with Gasteiger partial charge in [0, 0.05) is 25.4 Å². The van der Waals surface area contributed by atoms with Gasteiger partial charge in [0.05, 0.1) is 12.2 Å². The number of guanidine groups is 1. The quantitative estimate of drug-likeness (QED) is 0.581. The lowest BCUT2D eigenvalue weighted by molar-refractivity contribution is -0.274. The van der Waals surface area contributed by atoms with E-state index in [2.05, 4.69) is 30.6 Å². The first-order valence-electron chi connectivity index (χ1n) is 6.74. The van der Waals surface area contributed by atoms with Gasteiger partial charge in [0.2, 0.25) is 0 Å². The maximum Gasteiger partial charge on any atom is 0.573 e. The number of nitrogens with one attached hydrogen (secondary N) is 3. The zero-order chi connectivity index (χ0) is 16.7. The highest BCUT2D eigenvalue weighted by Crippen LogP contribution is 2.25. The summed E-state index contributed by atoms with van der Waals surface area (Å²) in [6, 6.07) is 7.74. The number of nitrogens with zero attached hydrogens (tertiary/aromatic N) is 2. The standard InChI is InChI=1S/C14H16F3N5O/c1-18-13(20-9-11-6-7-21-22-11)19-8-10-4-2-3-5-12(10)23-14(15,16)17/h2-7H,8-9H2,1H3,(H,21,22)(H2,18,19,20). The number of benzene rings is 1. The molecule has 0 radical (unpaired) electrons. The van der Waals surface area contributed by atoms with E-state index in [0.29, 0.717) is 18.1 Å². The van der Waals surface area contributed by atoms with Gasteiger partial charge in [0.15, 0.2) is 5.96 Å². The second kappa shape index (κ2) is 7.52. The van der Waals surface area contributed by atoms with Crippen LogP contribution in [0.5, 0.6) is 5.75 Å². The van der Waals surface area contributed by atoms with Gasteiger partial charge in [-0.05, 0) is 12.1 Å². The minimum absolute atomic E-state index is 0.134. The molecule has 9 heteroatoms. The molecule has 3 N–H and O–H groups in total. The lowest BCUT2D eigenvalue weighted by Gasteiger charge is -2.15. The number of halogens is 3. The second-order valence-electron chi connectivity index (χ2n) is 4.52. The van der Waals surface area contributed by atoms with E-state index in [1.165, 1.54) is 12.1 Å². The molecule has 2 aromatic rings. The molecule has 1 aromatic carbocycles. The Balaban J connectivity index is 1.93. The van der Waals surface area contributed by atoms with Gasteiger partial charge in [0.1, 0.15) is 5.75 Å². The Morgan fingerprint density at radius 3 is 2.61 bits per heavy atom. The highest BCUT2D eigenvalue weighted by atomic mass is 19.4. The van der Waals surface area contributed by atoms with Crippen molar-refractivity contribution in [3.05, 3.63) is 47.8 Å². The third-order valence-electron chi connectivity index (χ3n) is 2.87. The van der Waals surface area contributed by atoms with E-state index >= 15 is 0 Å². The number of hydrogen-bond donors (Lipinski definition) is 3. The summed E-state index contributed by atoms with van der Waals surface area (Å²) in [5, 5.41) is 12.5. The number of ether oxygens (including phenoxy) is 1. The molecule has 0 amide bonds. The molecule has 0 bridgehead atoms. The fourth-order valence-corrected chi connectivity index (χ4v) is 1.84. The number of aromatic nitrogens is 2. The Morgan fingerprint density at radius 1 is 1.22 bits per heavy atom. The highest BCUT2D eigenvalue weighted by Gasteiger charge is 2.31. The summed E-state index contributed by atoms with van der Waals surface area (Å²) in [6.45, 7) is 0.593. The molecule has 0 aliphatic carbocycles. The molecule has 0 aliphatic rings. The zero-order valence-corrected chi connectivity index (χ0v) is 12.3. The summed E-state index contributed by atoms with van der Waals surface area (Å²) in [5.74, 6) is 0.206. The molecule has 0 fully saturated rings. The van der Waals surface area contributed by atoms with Crippen LogP contribution in [0.15, 0.2) is 41.5 Å². The van der Waals surface area contributed by atoms with Crippen LogP contribution in [0.1, 0.15) is 11.3 Å². The predicted octanol–water partition coefficient (Wildman–Crippen LogP) is 2.17. The smallest absolute Gasteiger partial charge is 0.405 e. The van der Waals surface area contributed by atoms with Crippen molar-refractivity contribution in [3.8, 4) is 5.75 Å². The van der Waals surface area contributed by atoms with Crippen LogP contribution >= 0.6 is 0 Å². The number of aliphatic imine (C=N–C) groups is 1. The molecule has 0 saturated carbocycles. The molecule has 0 atom stereocenters. The van der Waals surface area contributed by atoms with Crippen molar-refractivity contribution in [3.63, 3.8) is 0 Å².